The molecule has 0 radical (unpaired) electrons. The Morgan fingerprint density at radius 2 is 1.43 bits per heavy atom. The van der Waals surface area contributed by atoms with Gasteiger partial charge in [-0.25, -0.2) is 13.2 Å². The summed E-state index contributed by atoms with van der Waals surface area (Å²) in [5, 5.41) is 0. The van der Waals surface area contributed by atoms with Crippen LogP contribution in [-0.2, 0) is 11.2 Å². The van der Waals surface area contributed by atoms with E-state index in [1.54, 1.807) is 30.3 Å². The molecule has 0 amide bonds. The number of halogens is 3. The monoisotopic (exact) mass is 548 g/mol. The van der Waals surface area contributed by atoms with Crippen molar-refractivity contribution in [3.63, 3.8) is 0 Å². The van der Waals surface area contributed by atoms with E-state index in [2.05, 4.69) is 13.0 Å². The molecular weight excluding hydrogens is 505 g/mol. The summed E-state index contributed by atoms with van der Waals surface area (Å²) < 4.78 is 50.9. The molecule has 2 unspecified atom stereocenters. The fourth-order valence-electron chi connectivity index (χ4n) is 5.71. The van der Waals surface area contributed by atoms with Crippen LogP contribution in [0.1, 0.15) is 95.3 Å². The normalized spacial score (nSPS) is 17.5. The van der Waals surface area contributed by atoms with Crippen LogP contribution in [0.3, 0.4) is 0 Å². The van der Waals surface area contributed by atoms with Crippen molar-refractivity contribution in [2.75, 3.05) is 6.61 Å². The molecule has 3 aromatic carbocycles. The Morgan fingerprint density at radius 1 is 0.750 bits per heavy atom. The molecule has 1 aliphatic rings. The molecule has 214 valence electrons. The molecule has 40 heavy (non-hydrogen) atoms. The molecule has 2 atom stereocenters. The van der Waals surface area contributed by atoms with E-state index in [9.17, 15) is 4.39 Å². The highest BCUT2D eigenvalue weighted by Gasteiger charge is 2.24. The maximum Gasteiger partial charge on any atom is 0.166 e. The highest BCUT2D eigenvalue weighted by Crippen LogP contribution is 2.35. The van der Waals surface area contributed by atoms with Crippen LogP contribution in [0, 0.1) is 23.4 Å². The fraction of sp³-hybridized carbons (Fsp3) is 0.444. The smallest absolute Gasteiger partial charge is 0.166 e. The van der Waals surface area contributed by atoms with E-state index < -0.39 is 11.6 Å². The second-order valence-electron chi connectivity index (χ2n) is 11.1. The summed E-state index contributed by atoms with van der Waals surface area (Å²) >= 11 is 0. The molecule has 0 bridgehead atoms. The zero-order valence-corrected chi connectivity index (χ0v) is 24.0. The topological polar surface area (TPSA) is 9.23 Å². The highest BCUT2D eigenvalue weighted by atomic mass is 19.2. The zero-order chi connectivity index (χ0) is 28.3. The summed E-state index contributed by atoms with van der Waals surface area (Å²) in [6, 6.07) is 15.8. The molecule has 0 aliphatic carbocycles. The lowest BCUT2D eigenvalue weighted by Gasteiger charge is -2.28. The van der Waals surface area contributed by atoms with Crippen molar-refractivity contribution in [2.24, 2.45) is 5.92 Å². The first-order valence-corrected chi connectivity index (χ1v) is 15.1. The summed E-state index contributed by atoms with van der Waals surface area (Å²) in [5.74, 6) is -1.43. The van der Waals surface area contributed by atoms with Gasteiger partial charge in [0.25, 0.3) is 0 Å². The Kier molecular flexibility index (Phi) is 11.5. The van der Waals surface area contributed by atoms with Gasteiger partial charge in [0.2, 0.25) is 0 Å². The molecule has 4 heteroatoms. The van der Waals surface area contributed by atoms with E-state index in [4.69, 9.17) is 4.74 Å². The maximum atomic E-state index is 15.1. The predicted octanol–water partition coefficient (Wildman–Crippen LogP) is 11.2. The number of allylic oxidation sites excluding steroid dienone is 1. The first-order valence-electron chi connectivity index (χ1n) is 15.1. The average molecular weight is 549 g/mol. The fourth-order valence-corrected chi connectivity index (χ4v) is 5.71. The number of unbranched alkanes of at least 4 members (excludes halogenated alkanes) is 7. The molecule has 0 saturated carbocycles. The van der Waals surface area contributed by atoms with Crippen molar-refractivity contribution in [3.05, 3.63) is 95.3 Å². The molecule has 1 aliphatic heterocycles. The standard InChI is InChI=1S/C36H43F3O/c1-3-5-6-7-8-9-10-11-13-29-19-21-31(36(39)35(29)38)28-17-15-27(16-18-28)30-20-22-32(33(37)24-30)34-23-14-26(12-4-2)25-40-34/h4,12,15-22,24,26,34H,3,5-11,13-14,23,25H2,1-2H3. The van der Waals surface area contributed by atoms with Crippen molar-refractivity contribution >= 4 is 0 Å². The number of hydrogen-bond donors (Lipinski definition) is 0. The van der Waals surface area contributed by atoms with E-state index in [0.29, 0.717) is 35.6 Å². The van der Waals surface area contributed by atoms with Crippen LogP contribution >= 0.6 is 0 Å². The van der Waals surface area contributed by atoms with Crippen LogP contribution in [0.15, 0.2) is 66.7 Å². The van der Waals surface area contributed by atoms with E-state index >= 15 is 8.78 Å². The van der Waals surface area contributed by atoms with Gasteiger partial charge >= 0.3 is 0 Å². The van der Waals surface area contributed by atoms with Gasteiger partial charge in [0, 0.05) is 17.0 Å². The molecule has 1 saturated heterocycles. The first-order chi connectivity index (χ1) is 19.5. The molecule has 3 aromatic rings. The van der Waals surface area contributed by atoms with Gasteiger partial charge in [-0.15, -0.1) is 0 Å². The van der Waals surface area contributed by atoms with Gasteiger partial charge in [-0.3, -0.25) is 0 Å². The Hall–Kier alpha value is -2.85. The lowest BCUT2D eigenvalue weighted by atomic mass is 9.92. The van der Waals surface area contributed by atoms with E-state index in [-0.39, 0.29) is 17.5 Å². The second kappa shape index (κ2) is 15.2. The van der Waals surface area contributed by atoms with Crippen LogP contribution in [0.4, 0.5) is 13.2 Å². The Labute approximate surface area is 238 Å². The van der Waals surface area contributed by atoms with Crippen LogP contribution in [0.5, 0.6) is 0 Å². The number of aryl methyl sites for hydroxylation is 1. The van der Waals surface area contributed by atoms with Gasteiger partial charge in [0.15, 0.2) is 11.6 Å². The Balaban J connectivity index is 1.36. The molecule has 1 heterocycles. The van der Waals surface area contributed by atoms with Crippen molar-refractivity contribution in [1.29, 1.82) is 0 Å². The number of rotatable bonds is 13. The van der Waals surface area contributed by atoms with Gasteiger partial charge in [-0.2, -0.15) is 0 Å². The third-order valence-electron chi connectivity index (χ3n) is 8.11. The Bertz CT molecular complexity index is 1240. The lowest BCUT2D eigenvalue weighted by Crippen LogP contribution is -2.20. The van der Waals surface area contributed by atoms with E-state index in [1.165, 1.54) is 38.2 Å². The van der Waals surface area contributed by atoms with Crippen molar-refractivity contribution in [3.8, 4) is 22.3 Å². The number of benzene rings is 3. The SMILES string of the molecule is CC=CC1CCC(c2ccc(-c3ccc(-c4ccc(CCCCCCCCCC)c(F)c4F)cc3)cc2F)OC1. The molecule has 1 fully saturated rings. The summed E-state index contributed by atoms with van der Waals surface area (Å²) in [6.07, 6.45) is 15.6. The zero-order valence-electron chi connectivity index (χ0n) is 24.0. The average Bonchev–Trinajstić information content (AvgIpc) is 2.97. The summed E-state index contributed by atoms with van der Waals surface area (Å²) in [5.41, 5.74) is 3.43. The first kappa shape index (κ1) is 30.1. The number of ether oxygens (including phenoxy) is 1. The van der Waals surface area contributed by atoms with Crippen LogP contribution in [0.2, 0.25) is 0 Å². The molecule has 4 rings (SSSR count). The lowest BCUT2D eigenvalue weighted by molar-refractivity contribution is -0.00711. The van der Waals surface area contributed by atoms with Gasteiger partial charge < -0.3 is 4.74 Å². The number of hydrogen-bond acceptors (Lipinski definition) is 1. The minimum atomic E-state index is -0.802. The van der Waals surface area contributed by atoms with Crippen LogP contribution < -0.4 is 0 Å². The summed E-state index contributed by atoms with van der Waals surface area (Å²) in [4.78, 5) is 0. The molecule has 0 spiro atoms. The van der Waals surface area contributed by atoms with Gasteiger partial charge in [-0.05, 0) is 60.9 Å². The maximum absolute atomic E-state index is 15.1. The minimum Gasteiger partial charge on any atom is -0.373 e. The Morgan fingerprint density at radius 3 is 2.08 bits per heavy atom. The largest absolute Gasteiger partial charge is 0.373 e. The predicted molar refractivity (Wildman–Crippen MR) is 160 cm³/mol. The third kappa shape index (κ3) is 7.87. The van der Waals surface area contributed by atoms with Crippen molar-refractivity contribution < 1.29 is 17.9 Å². The van der Waals surface area contributed by atoms with Crippen molar-refractivity contribution in [1.82, 2.24) is 0 Å². The summed E-state index contributed by atoms with van der Waals surface area (Å²) in [6.45, 7) is 4.82. The third-order valence-corrected chi connectivity index (χ3v) is 8.11. The molecule has 0 N–H and O–H groups in total. The van der Waals surface area contributed by atoms with Gasteiger partial charge in [-0.1, -0.05) is 113 Å². The van der Waals surface area contributed by atoms with Crippen LogP contribution in [0.25, 0.3) is 22.3 Å². The van der Waals surface area contributed by atoms with E-state index in [0.717, 1.165) is 43.2 Å². The minimum absolute atomic E-state index is 0.227. The van der Waals surface area contributed by atoms with Crippen molar-refractivity contribution in [2.45, 2.75) is 90.6 Å². The molecule has 0 aromatic heterocycles. The molecule has 1 nitrogen and oxygen atoms in total. The van der Waals surface area contributed by atoms with Crippen LogP contribution in [-0.4, -0.2) is 6.61 Å². The second-order valence-corrected chi connectivity index (χ2v) is 11.1. The van der Waals surface area contributed by atoms with E-state index in [1.807, 2.05) is 31.2 Å². The summed E-state index contributed by atoms with van der Waals surface area (Å²) in [7, 11) is 0. The highest BCUT2D eigenvalue weighted by molar-refractivity contribution is 5.71. The quantitative estimate of drug-likeness (QED) is 0.152. The van der Waals surface area contributed by atoms with Gasteiger partial charge in [0.05, 0.1) is 12.7 Å². The van der Waals surface area contributed by atoms with Gasteiger partial charge in [0.1, 0.15) is 5.82 Å². The molecular formula is C36H43F3O.